The fourth-order valence-electron chi connectivity index (χ4n) is 1.24. The van der Waals surface area contributed by atoms with E-state index in [4.69, 9.17) is 4.74 Å². The molecule has 1 unspecified atom stereocenters. The monoisotopic (exact) mass is 201 g/mol. The fraction of sp³-hybridized carbons (Fsp3) is 0.909. The number of unbranched alkanes of at least 4 members (excludes halogenated alkanes) is 3. The quantitative estimate of drug-likeness (QED) is 0.335. The second kappa shape index (κ2) is 10.5. The zero-order valence-corrected chi connectivity index (χ0v) is 9.42. The minimum absolute atomic E-state index is 0.0781. The molecule has 0 saturated carbocycles. The lowest BCUT2D eigenvalue weighted by Crippen LogP contribution is -2.30. The second-order valence-corrected chi connectivity index (χ2v) is 3.49. The van der Waals surface area contributed by atoms with Crippen molar-refractivity contribution in [2.45, 2.75) is 58.6 Å². The Morgan fingerprint density at radius 1 is 1.21 bits per heavy atom. The highest BCUT2D eigenvalue weighted by Gasteiger charge is 2.05. The van der Waals surface area contributed by atoms with E-state index in [1.54, 1.807) is 0 Å². The molecule has 0 radical (unpaired) electrons. The highest BCUT2D eigenvalue weighted by atomic mass is 16.5. The van der Waals surface area contributed by atoms with E-state index in [1.165, 1.54) is 12.8 Å². The van der Waals surface area contributed by atoms with Crippen molar-refractivity contribution in [3.05, 3.63) is 0 Å². The Morgan fingerprint density at radius 3 is 2.50 bits per heavy atom. The van der Waals surface area contributed by atoms with Crippen LogP contribution in [-0.2, 0) is 9.53 Å². The summed E-state index contributed by atoms with van der Waals surface area (Å²) in [6.07, 6.45) is 7.28. The van der Waals surface area contributed by atoms with Gasteiger partial charge in [-0.15, -0.1) is 0 Å². The maximum Gasteiger partial charge on any atom is 0.209 e. The summed E-state index contributed by atoms with van der Waals surface area (Å²) in [5.74, 6) is 0. The van der Waals surface area contributed by atoms with Gasteiger partial charge in [0.15, 0.2) is 0 Å². The summed E-state index contributed by atoms with van der Waals surface area (Å²) >= 11 is 0. The highest BCUT2D eigenvalue weighted by Crippen LogP contribution is 2.05. The van der Waals surface area contributed by atoms with Crippen LogP contribution in [0.15, 0.2) is 0 Å². The third-order valence-electron chi connectivity index (χ3n) is 2.14. The summed E-state index contributed by atoms with van der Waals surface area (Å²) in [5.41, 5.74) is 0. The van der Waals surface area contributed by atoms with Crippen molar-refractivity contribution in [1.29, 1.82) is 0 Å². The molecule has 3 heteroatoms. The van der Waals surface area contributed by atoms with Crippen molar-refractivity contribution < 1.29 is 9.53 Å². The first-order valence-electron chi connectivity index (χ1n) is 5.66. The molecule has 0 rings (SSSR count). The first kappa shape index (κ1) is 13.4. The van der Waals surface area contributed by atoms with Gasteiger partial charge in [0.2, 0.25) is 6.41 Å². The molecule has 84 valence electrons. The maximum absolute atomic E-state index is 10.3. The summed E-state index contributed by atoms with van der Waals surface area (Å²) < 4.78 is 5.53. The van der Waals surface area contributed by atoms with E-state index in [-0.39, 0.29) is 6.23 Å². The van der Waals surface area contributed by atoms with Crippen LogP contribution in [0.5, 0.6) is 0 Å². The number of nitrogens with one attached hydrogen (secondary N) is 1. The van der Waals surface area contributed by atoms with Crippen molar-refractivity contribution in [2.24, 2.45) is 0 Å². The van der Waals surface area contributed by atoms with Crippen molar-refractivity contribution in [3.8, 4) is 0 Å². The molecule has 14 heavy (non-hydrogen) atoms. The van der Waals surface area contributed by atoms with Crippen molar-refractivity contribution in [1.82, 2.24) is 5.32 Å². The Morgan fingerprint density at radius 2 is 1.93 bits per heavy atom. The van der Waals surface area contributed by atoms with E-state index in [0.29, 0.717) is 0 Å². The molecule has 0 heterocycles. The van der Waals surface area contributed by atoms with Crippen LogP contribution in [-0.4, -0.2) is 19.2 Å². The smallest absolute Gasteiger partial charge is 0.209 e. The maximum atomic E-state index is 10.3. The molecule has 1 N–H and O–H groups in total. The number of hydrogen-bond acceptors (Lipinski definition) is 2. The number of carbonyl (C=O) groups excluding carboxylic acids is 1. The summed E-state index contributed by atoms with van der Waals surface area (Å²) in [6, 6.07) is 0. The third kappa shape index (κ3) is 8.05. The molecule has 0 aromatic heterocycles. The van der Waals surface area contributed by atoms with E-state index < -0.39 is 0 Å². The molecule has 0 saturated heterocycles. The number of rotatable bonds is 10. The van der Waals surface area contributed by atoms with Crippen molar-refractivity contribution in [2.75, 3.05) is 6.61 Å². The molecule has 0 spiro atoms. The molecule has 0 aliphatic heterocycles. The zero-order valence-electron chi connectivity index (χ0n) is 9.42. The van der Waals surface area contributed by atoms with Crippen LogP contribution in [0.3, 0.4) is 0 Å². The molecular formula is C11H23NO2. The van der Waals surface area contributed by atoms with Crippen molar-refractivity contribution >= 4 is 6.41 Å². The average molecular weight is 201 g/mol. The van der Waals surface area contributed by atoms with Gasteiger partial charge in [0, 0.05) is 6.61 Å². The Bertz CT molecular complexity index is 118. The average Bonchev–Trinajstić information content (AvgIpc) is 2.18. The predicted molar refractivity (Wildman–Crippen MR) is 58.0 cm³/mol. The van der Waals surface area contributed by atoms with Crippen LogP contribution in [0.4, 0.5) is 0 Å². The lowest BCUT2D eigenvalue weighted by Gasteiger charge is -2.16. The van der Waals surface area contributed by atoms with Gasteiger partial charge in [-0.2, -0.15) is 0 Å². The Balaban J connectivity index is 3.49. The van der Waals surface area contributed by atoms with Crippen LogP contribution in [0, 0.1) is 0 Å². The predicted octanol–water partition coefficient (Wildman–Crippen LogP) is 2.46. The van der Waals surface area contributed by atoms with E-state index in [0.717, 1.165) is 38.7 Å². The van der Waals surface area contributed by atoms with Crippen LogP contribution in [0.2, 0.25) is 0 Å². The first-order valence-corrected chi connectivity index (χ1v) is 5.66. The van der Waals surface area contributed by atoms with Crippen LogP contribution >= 0.6 is 0 Å². The largest absolute Gasteiger partial charge is 0.359 e. The molecule has 1 amide bonds. The van der Waals surface area contributed by atoms with Crippen LogP contribution < -0.4 is 5.32 Å². The number of ether oxygens (including phenoxy) is 1. The number of carbonyl (C=O) groups is 1. The number of amides is 1. The topological polar surface area (TPSA) is 38.3 Å². The van der Waals surface area contributed by atoms with Gasteiger partial charge in [-0.05, 0) is 19.3 Å². The minimum atomic E-state index is -0.0781. The van der Waals surface area contributed by atoms with Gasteiger partial charge in [0.25, 0.3) is 0 Å². The van der Waals surface area contributed by atoms with Gasteiger partial charge < -0.3 is 10.1 Å². The lowest BCUT2D eigenvalue weighted by atomic mass is 10.2. The Hall–Kier alpha value is -0.570. The van der Waals surface area contributed by atoms with E-state index >= 15 is 0 Å². The Labute approximate surface area is 87.2 Å². The summed E-state index contributed by atoms with van der Waals surface area (Å²) in [6.45, 7) is 5.04. The van der Waals surface area contributed by atoms with Gasteiger partial charge in [0.1, 0.15) is 6.23 Å². The van der Waals surface area contributed by atoms with Crippen LogP contribution in [0.25, 0.3) is 0 Å². The third-order valence-corrected chi connectivity index (χ3v) is 2.14. The highest BCUT2D eigenvalue weighted by molar-refractivity contribution is 5.46. The summed E-state index contributed by atoms with van der Waals surface area (Å²) in [7, 11) is 0. The van der Waals surface area contributed by atoms with E-state index in [9.17, 15) is 4.79 Å². The minimum Gasteiger partial charge on any atom is -0.359 e. The molecule has 1 atom stereocenters. The van der Waals surface area contributed by atoms with Gasteiger partial charge >= 0.3 is 0 Å². The van der Waals surface area contributed by atoms with Crippen molar-refractivity contribution in [3.63, 3.8) is 0 Å². The van der Waals surface area contributed by atoms with Gasteiger partial charge in [-0.3, -0.25) is 4.79 Å². The second-order valence-electron chi connectivity index (χ2n) is 3.49. The molecule has 0 aliphatic carbocycles. The van der Waals surface area contributed by atoms with Gasteiger partial charge in [0.05, 0.1) is 0 Å². The molecule has 0 aliphatic rings. The standard InChI is InChI=1S/C11H23NO2/c1-3-5-7-8-11(12-10-13)14-9-6-4-2/h10-11H,3-9H2,1-2H3,(H,12,13). The Kier molecular flexibility index (Phi) is 10.1. The fourth-order valence-corrected chi connectivity index (χ4v) is 1.24. The SMILES string of the molecule is CCCCCC(NC=O)OCCCC. The number of hydrogen-bond donors (Lipinski definition) is 1. The molecule has 0 aromatic carbocycles. The van der Waals surface area contributed by atoms with E-state index in [1.807, 2.05) is 0 Å². The van der Waals surface area contributed by atoms with Gasteiger partial charge in [-0.25, -0.2) is 0 Å². The first-order chi connectivity index (χ1) is 6.85. The van der Waals surface area contributed by atoms with Crippen LogP contribution in [0.1, 0.15) is 52.4 Å². The zero-order chi connectivity index (χ0) is 10.6. The molecule has 0 bridgehead atoms. The molecular weight excluding hydrogens is 178 g/mol. The molecule has 0 fully saturated rings. The lowest BCUT2D eigenvalue weighted by molar-refractivity contribution is -0.113. The molecule has 3 nitrogen and oxygen atoms in total. The van der Waals surface area contributed by atoms with Gasteiger partial charge in [-0.1, -0.05) is 33.1 Å². The molecule has 0 aromatic rings. The summed E-state index contributed by atoms with van der Waals surface area (Å²) in [4.78, 5) is 10.3. The van der Waals surface area contributed by atoms with E-state index in [2.05, 4.69) is 19.2 Å². The summed E-state index contributed by atoms with van der Waals surface area (Å²) in [5, 5.41) is 2.70. The normalized spacial score (nSPS) is 12.4.